The van der Waals surface area contributed by atoms with Gasteiger partial charge in [0, 0.05) is 10.5 Å². The van der Waals surface area contributed by atoms with Crippen LogP contribution in [0.25, 0.3) is 6.08 Å². The molecule has 0 aliphatic rings. The molecule has 0 aromatic heterocycles. The lowest BCUT2D eigenvalue weighted by molar-refractivity contribution is -0.111. The summed E-state index contributed by atoms with van der Waals surface area (Å²) in [6.45, 7) is 0. The molecule has 0 saturated heterocycles. The number of nitrogens with one attached hydrogen (secondary N) is 1. The Labute approximate surface area is 135 Å². The van der Waals surface area contributed by atoms with Crippen LogP contribution in [0.1, 0.15) is 5.56 Å². The summed E-state index contributed by atoms with van der Waals surface area (Å²) in [7, 11) is 0. The molecule has 2 aromatic rings. The molecule has 5 heteroatoms. The number of hydrogen-bond donors (Lipinski definition) is 1. The molecule has 20 heavy (non-hydrogen) atoms. The summed E-state index contributed by atoms with van der Waals surface area (Å²) in [4.78, 5) is 11.8. The highest BCUT2D eigenvalue weighted by atomic mass is 79.9. The van der Waals surface area contributed by atoms with Gasteiger partial charge in [0.15, 0.2) is 0 Å². The lowest BCUT2D eigenvalue weighted by atomic mass is 10.2. The van der Waals surface area contributed by atoms with E-state index < -0.39 is 0 Å². The number of para-hydroxylation sites is 1. The predicted octanol–water partition coefficient (Wildman–Crippen LogP) is 5.41. The van der Waals surface area contributed by atoms with Gasteiger partial charge in [-0.1, -0.05) is 57.3 Å². The molecule has 0 aliphatic carbocycles. The van der Waals surface area contributed by atoms with E-state index in [9.17, 15) is 4.79 Å². The Balaban J connectivity index is 2.07. The zero-order valence-electron chi connectivity index (χ0n) is 10.2. The molecule has 2 aromatic carbocycles. The molecular formula is C15H10BrCl2NO. The minimum absolute atomic E-state index is 0.289. The van der Waals surface area contributed by atoms with Gasteiger partial charge in [-0.05, 0) is 35.9 Å². The molecule has 0 radical (unpaired) electrons. The minimum atomic E-state index is -0.289. The van der Waals surface area contributed by atoms with Gasteiger partial charge in [-0.15, -0.1) is 0 Å². The molecule has 0 unspecified atom stereocenters. The van der Waals surface area contributed by atoms with Crippen molar-refractivity contribution in [1.29, 1.82) is 0 Å². The van der Waals surface area contributed by atoms with Gasteiger partial charge in [0.05, 0.1) is 15.7 Å². The molecule has 1 amide bonds. The number of anilines is 1. The lowest BCUT2D eigenvalue weighted by Crippen LogP contribution is -2.08. The maximum Gasteiger partial charge on any atom is 0.248 e. The van der Waals surface area contributed by atoms with E-state index in [1.807, 2.05) is 24.3 Å². The van der Waals surface area contributed by atoms with E-state index in [0.29, 0.717) is 15.7 Å². The highest BCUT2D eigenvalue weighted by molar-refractivity contribution is 9.10. The molecule has 2 nitrogen and oxygen atoms in total. The second kappa shape index (κ2) is 6.93. The van der Waals surface area contributed by atoms with Gasteiger partial charge >= 0.3 is 0 Å². The van der Waals surface area contributed by atoms with E-state index in [-0.39, 0.29) is 5.91 Å². The number of carbonyl (C=O) groups is 1. The molecule has 0 atom stereocenters. The molecule has 102 valence electrons. The molecule has 0 aliphatic heterocycles. The molecule has 0 spiro atoms. The molecule has 0 saturated carbocycles. The van der Waals surface area contributed by atoms with Crippen molar-refractivity contribution in [1.82, 2.24) is 0 Å². The fourth-order valence-electron chi connectivity index (χ4n) is 1.53. The van der Waals surface area contributed by atoms with Gasteiger partial charge in [0.25, 0.3) is 0 Å². The van der Waals surface area contributed by atoms with Crippen LogP contribution in [-0.2, 0) is 4.79 Å². The summed E-state index contributed by atoms with van der Waals surface area (Å²) in [5.74, 6) is -0.289. The Kier molecular flexibility index (Phi) is 5.24. The molecule has 1 N–H and O–H groups in total. The molecule has 0 heterocycles. The van der Waals surface area contributed by atoms with Gasteiger partial charge < -0.3 is 5.32 Å². The van der Waals surface area contributed by atoms with Crippen molar-refractivity contribution in [3.05, 3.63) is 68.6 Å². The molecular weight excluding hydrogens is 361 g/mol. The average molecular weight is 371 g/mol. The van der Waals surface area contributed by atoms with Gasteiger partial charge in [-0.25, -0.2) is 0 Å². The van der Waals surface area contributed by atoms with E-state index in [2.05, 4.69) is 21.2 Å². The first-order chi connectivity index (χ1) is 9.56. The second-order valence-electron chi connectivity index (χ2n) is 3.97. The highest BCUT2D eigenvalue weighted by Crippen LogP contribution is 2.29. The Morgan fingerprint density at radius 3 is 2.25 bits per heavy atom. The Hall–Kier alpha value is -1.29. The second-order valence-corrected chi connectivity index (χ2v) is 5.70. The van der Waals surface area contributed by atoms with E-state index in [1.54, 1.807) is 24.3 Å². The van der Waals surface area contributed by atoms with Crippen LogP contribution in [0.5, 0.6) is 0 Å². The average Bonchev–Trinajstić information content (AvgIpc) is 2.42. The summed E-state index contributed by atoms with van der Waals surface area (Å²) in [6, 6.07) is 12.7. The standard InChI is InChI=1S/C15H10BrCl2NO/c16-11-7-4-10(5-8-11)6-9-14(20)19-15-12(17)2-1-3-13(15)18/h1-9H,(H,19,20)/b9-6+. The van der Waals surface area contributed by atoms with Crippen LogP contribution in [0.4, 0.5) is 5.69 Å². The van der Waals surface area contributed by atoms with Crippen LogP contribution in [-0.4, -0.2) is 5.91 Å². The Morgan fingerprint density at radius 1 is 1.05 bits per heavy atom. The zero-order chi connectivity index (χ0) is 14.5. The van der Waals surface area contributed by atoms with Gasteiger partial charge in [-0.2, -0.15) is 0 Å². The first kappa shape index (κ1) is 15.1. The van der Waals surface area contributed by atoms with Gasteiger partial charge in [-0.3, -0.25) is 4.79 Å². The van der Waals surface area contributed by atoms with E-state index in [0.717, 1.165) is 10.0 Å². The van der Waals surface area contributed by atoms with Gasteiger partial charge in [0.2, 0.25) is 5.91 Å². The third kappa shape index (κ3) is 4.10. The summed E-state index contributed by atoms with van der Waals surface area (Å²) in [6.07, 6.45) is 3.15. The monoisotopic (exact) mass is 369 g/mol. The van der Waals surface area contributed by atoms with Crippen molar-refractivity contribution in [2.45, 2.75) is 0 Å². The molecule has 0 bridgehead atoms. The molecule has 2 rings (SSSR count). The van der Waals surface area contributed by atoms with Crippen LogP contribution >= 0.6 is 39.1 Å². The Morgan fingerprint density at radius 2 is 1.65 bits per heavy atom. The summed E-state index contributed by atoms with van der Waals surface area (Å²) in [5.41, 5.74) is 1.34. The topological polar surface area (TPSA) is 29.1 Å². The smallest absolute Gasteiger partial charge is 0.248 e. The van der Waals surface area contributed by atoms with Gasteiger partial charge in [0.1, 0.15) is 0 Å². The summed E-state index contributed by atoms with van der Waals surface area (Å²) < 4.78 is 0.988. The third-order valence-electron chi connectivity index (χ3n) is 2.51. The fourth-order valence-corrected chi connectivity index (χ4v) is 2.28. The SMILES string of the molecule is O=C(/C=C/c1ccc(Br)cc1)Nc1c(Cl)cccc1Cl. The Bertz CT molecular complexity index is 633. The number of amides is 1. The maximum absolute atomic E-state index is 11.8. The number of rotatable bonds is 3. The first-order valence-electron chi connectivity index (χ1n) is 5.75. The van der Waals surface area contributed by atoms with Crippen molar-refractivity contribution in [3.8, 4) is 0 Å². The highest BCUT2D eigenvalue weighted by Gasteiger charge is 2.07. The number of hydrogen-bond acceptors (Lipinski definition) is 1. The number of benzene rings is 2. The molecule has 0 fully saturated rings. The first-order valence-corrected chi connectivity index (χ1v) is 7.30. The normalized spacial score (nSPS) is 10.8. The van der Waals surface area contributed by atoms with E-state index in [1.165, 1.54) is 6.08 Å². The van der Waals surface area contributed by atoms with Crippen molar-refractivity contribution in [3.63, 3.8) is 0 Å². The van der Waals surface area contributed by atoms with Crippen molar-refractivity contribution >= 4 is 56.8 Å². The van der Waals surface area contributed by atoms with Crippen LogP contribution in [0.2, 0.25) is 10.0 Å². The van der Waals surface area contributed by atoms with Crippen molar-refractivity contribution < 1.29 is 4.79 Å². The van der Waals surface area contributed by atoms with Crippen LogP contribution in [0, 0.1) is 0 Å². The largest absolute Gasteiger partial charge is 0.320 e. The lowest BCUT2D eigenvalue weighted by Gasteiger charge is -2.06. The zero-order valence-corrected chi connectivity index (χ0v) is 13.3. The van der Waals surface area contributed by atoms with Crippen molar-refractivity contribution in [2.75, 3.05) is 5.32 Å². The van der Waals surface area contributed by atoms with E-state index in [4.69, 9.17) is 23.2 Å². The number of carbonyl (C=O) groups excluding carboxylic acids is 1. The maximum atomic E-state index is 11.8. The number of halogens is 3. The minimum Gasteiger partial charge on any atom is -0.320 e. The quantitative estimate of drug-likeness (QED) is 0.719. The van der Waals surface area contributed by atoms with Crippen LogP contribution < -0.4 is 5.32 Å². The van der Waals surface area contributed by atoms with Crippen LogP contribution in [0.3, 0.4) is 0 Å². The third-order valence-corrected chi connectivity index (χ3v) is 3.67. The fraction of sp³-hybridized carbons (Fsp3) is 0. The summed E-state index contributed by atoms with van der Waals surface area (Å²) in [5, 5.41) is 3.47. The predicted molar refractivity (Wildman–Crippen MR) is 88.3 cm³/mol. The van der Waals surface area contributed by atoms with Crippen molar-refractivity contribution in [2.24, 2.45) is 0 Å². The summed E-state index contributed by atoms with van der Waals surface area (Å²) >= 11 is 15.3. The van der Waals surface area contributed by atoms with E-state index >= 15 is 0 Å². The van der Waals surface area contributed by atoms with Crippen LogP contribution in [0.15, 0.2) is 53.0 Å².